The molecule has 0 saturated carbocycles. The van der Waals surface area contributed by atoms with Crippen molar-refractivity contribution in [1.82, 2.24) is 15.0 Å². The summed E-state index contributed by atoms with van der Waals surface area (Å²) in [4.78, 5) is 24.6. The van der Waals surface area contributed by atoms with Crippen LogP contribution >= 0.6 is 0 Å². The molecule has 0 fully saturated rings. The number of nitrogens with one attached hydrogen (secondary N) is 3. The SMILES string of the molecule is CC(=O)c1ccc(S(=O)(=O)Nc2ccc(Nc3cc(Nc4cc(C)ccn4)nc(C)n3)cc2)cc1. The van der Waals surface area contributed by atoms with E-state index >= 15 is 0 Å². The molecule has 2 aromatic heterocycles. The van der Waals surface area contributed by atoms with Gasteiger partial charge < -0.3 is 10.6 Å². The second kappa shape index (κ2) is 9.90. The first kappa shape index (κ1) is 23.8. The number of aromatic nitrogens is 3. The highest BCUT2D eigenvalue weighted by molar-refractivity contribution is 7.92. The number of aryl methyl sites for hydroxylation is 2. The molecule has 2 heterocycles. The maximum Gasteiger partial charge on any atom is 0.261 e. The molecule has 0 bridgehead atoms. The highest BCUT2D eigenvalue weighted by atomic mass is 32.2. The van der Waals surface area contributed by atoms with Crippen molar-refractivity contribution in [3.8, 4) is 0 Å². The molecule has 0 radical (unpaired) electrons. The van der Waals surface area contributed by atoms with E-state index in [-0.39, 0.29) is 10.7 Å². The molecular weight excluding hydrogens is 464 g/mol. The molecule has 4 rings (SSSR count). The fraction of sp³-hybridized carbons (Fsp3) is 0.120. The lowest BCUT2D eigenvalue weighted by Gasteiger charge is -2.12. The first-order valence-corrected chi connectivity index (χ1v) is 12.2. The Balaban J connectivity index is 1.45. The molecule has 9 nitrogen and oxygen atoms in total. The van der Waals surface area contributed by atoms with Gasteiger partial charge >= 0.3 is 0 Å². The highest BCUT2D eigenvalue weighted by Gasteiger charge is 2.15. The van der Waals surface area contributed by atoms with Crippen LogP contribution < -0.4 is 15.4 Å². The van der Waals surface area contributed by atoms with Crippen LogP contribution in [-0.4, -0.2) is 29.2 Å². The van der Waals surface area contributed by atoms with Gasteiger partial charge in [-0.15, -0.1) is 0 Å². The number of sulfonamides is 1. The van der Waals surface area contributed by atoms with E-state index in [1.165, 1.54) is 31.2 Å². The molecule has 178 valence electrons. The zero-order valence-corrected chi connectivity index (χ0v) is 20.2. The van der Waals surface area contributed by atoms with Gasteiger partial charge in [-0.05, 0) is 74.9 Å². The van der Waals surface area contributed by atoms with Crippen molar-refractivity contribution in [3.05, 3.63) is 89.9 Å². The number of rotatable bonds is 8. The Kier molecular flexibility index (Phi) is 6.74. The number of hydrogen-bond donors (Lipinski definition) is 3. The summed E-state index contributed by atoms with van der Waals surface area (Å²) in [6.45, 7) is 5.21. The van der Waals surface area contributed by atoms with Crippen LogP contribution in [0, 0.1) is 13.8 Å². The third kappa shape index (κ3) is 6.18. The molecule has 0 unspecified atom stereocenters. The van der Waals surface area contributed by atoms with E-state index < -0.39 is 10.0 Å². The number of nitrogens with zero attached hydrogens (tertiary/aromatic N) is 3. The van der Waals surface area contributed by atoms with Crippen LogP contribution in [0.3, 0.4) is 0 Å². The van der Waals surface area contributed by atoms with E-state index in [2.05, 4.69) is 30.3 Å². The largest absolute Gasteiger partial charge is 0.340 e. The quantitative estimate of drug-likeness (QED) is 0.297. The fourth-order valence-electron chi connectivity index (χ4n) is 3.28. The summed E-state index contributed by atoms with van der Waals surface area (Å²) in [6.07, 6.45) is 1.72. The minimum atomic E-state index is -3.79. The van der Waals surface area contributed by atoms with Gasteiger partial charge in [0.2, 0.25) is 0 Å². The van der Waals surface area contributed by atoms with Crippen LogP contribution in [0.4, 0.5) is 28.8 Å². The Bertz CT molecular complexity index is 1470. The second-order valence-corrected chi connectivity index (χ2v) is 9.60. The van der Waals surface area contributed by atoms with E-state index in [1.807, 2.05) is 19.1 Å². The Hall–Kier alpha value is -4.31. The number of ketones is 1. The van der Waals surface area contributed by atoms with Gasteiger partial charge in [0.05, 0.1) is 4.90 Å². The maximum absolute atomic E-state index is 12.7. The molecular formula is C25H24N6O3S. The summed E-state index contributed by atoms with van der Waals surface area (Å²) in [5.74, 6) is 2.30. The van der Waals surface area contributed by atoms with Crippen LogP contribution in [0.5, 0.6) is 0 Å². The van der Waals surface area contributed by atoms with Crippen LogP contribution in [0.1, 0.15) is 28.7 Å². The molecule has 0 amide bonds. The van der Waals surface area contributed by atoms with Crippen molar-refractivity contribution in [2.24, 2.45) is 0 Å². The number of pyridine rings is 1. The molecule has 0 aliphatic heterocycles. The molecule has 0 aliphatic rings. The van der Waals surface area contributed by atoms with E-state index in [4.69, 9.17) is 0 Å². The van der Waals surface area contributed by atoms with Crippen molar-refractivity contribution in [1.29, 1.82) is 0 Å². The average Bonchev–Trinajstić information content (AvgIpc) is 2.80. The Morgan fingerprint density at radius 3 is 2.03 bits per heavy atom. The minimum absolute atomic E-state index is 0.0734. The minimum Gasteiger partial charge on any atom is -0.340 e. The smallest absolute Gasteiger partial charge is 0.261 e. The molecule has 2 aromatic carbocycles. The van der Waals surface area contributed by atoms with Crippen molar-refractivity contribution >= 4 is 44.6 Å². The van der Waals surface area contributed by atoms with Gasteiger partial charge in [-0.1, -0.05) is 12.1 Å². The van der Waals surface area contributed by atoms with Crippen LogP contribution in [0.15, 0.2) is 77.8 Å². The lowest BCUT2D eigenvalue weighted by molar-refractivity contribution is 0.101. The molecule has 0 aliphatic carbocycles. The van der Waals surface area contributed by atoms with E-state index in [1.54, 1.807) is 43.5 Å². The van der Waals surface area contributed by atoms with Gasteiger partial charge in [-0.25, -0.2) is 23.4 Å². The standard InChI is InChI=1S/C25H24N6O3S/c1-16-12-13-26-23(14-16)30-25-15-24(27-18(3)28-25)29-20-6-8-21(9-7-20)31-35(33,34)22-10-4-19(5-11-22)17(2)32/h4-15,31H,1-3H3,(H2,26,27,28,29,30). The van der Waals surface area contributed by atoms with Gasteiger partial charge in [0.1, 0.15) is 23.3 Å². The molecule has 3 N–H and O–H groups in total. The molecule has 0 spiro atoms. The summed E-state index contributed by atoms with van der Waals surface area (Å²) in [7, 11) is -3.79. The van der Waals surface area contributed by atoms with Gasteiger partial charge in [0.25, 0.3) is 10.0 Å². The predicted octanol–water partition coefficient (Wildman–Crippen LogP) is 4.98. The lowest BCUT2D eigenvalue weighted by atomic mass is 10.2. The van der Waals surface area contributed by atoms with Crippen molar-refractivity contribution in [2.75, 3.05) is 15.4 Å². The zero-order chi connectivity index (χ0) is 25.0. The van der Waals surface area contributed by atoms with Crippen molar-refractivity contribution in [2.45, 2.75) is 25.7 Å². The second-order valence-electron chi connectivity index (χ2n) is 7.92. The molecule has 4 aromatic rings. The van der Waals surface area contributed by atoms with Crippen molar-refractivity contribution < 1.29 is 13.2 Å². The Morgan fingerprint density at radius 1 is 0.771 bits per heavy atom. The van der Waals surface area contributed by atoms with Crippen molar-refractivity contribution in [3.63, 3.8) is 0 Å². The van der Waals surface area contributed by atoms with Gasteiger partial charge in [0.15, 0.2) is 5.78 Å². The third-order valence-electron chi connectivity index (χ3n) is 4.99. The van der Waals surface area contributed by atoms with E-state index in [0.29, 0.717) is 34.5 Å². The Morgan fingerprint density at radius 2 is 1.40 bits per heavy atom. The number of carbonyl (C=O) groups excluding carboxylic acids is 1. The average molecular weight is 489 g/mol. The summed E-state index contributed by atoms with van der Waals surface area (Å²) in [5.41, 5.74) is 2.65. The monoisotopic (exact) mass is 488 g/mol. The van der Waals surface area contributed by atoms with Crippen LogP contribution in [0.2, 0.25) is 0 Å². The number of hydrogen-bond acceptors (Lipinski definition) is 8. The maximum atomic E-state index is 12.7. The summed E-state index contributed by atoms with van der Waals surface area (Å²) in [5, 5.41) is 6.37. The van der Waals surface area contributed by atoms with Gasteiger partial charge in [-0.2, -0.15) is 0 Å². The fourth-order valence-corrected chi connectivity index (χ4v) is 4.34. The predicted molar refractivity (Wildman–Crippen MR) is 136 cm³/mol. The van der Waals surface area contributed by atoms with E-state index in [9.17, 15) is 13.2 Å². The van der Waals surface area contributed by atoms with Crippen LogP contribution in [0.25, 0.3) is 0 Å². The number of anilines is 5. The van der Waals surface area contributed by atoms with Crippen LogP contribution in [-0.2, 0) is 10.0 Å². The molecule has 0 saturated heterocycles. The Labute approximate surface area is 203 Å². The summed E-state index contributed by atoms with van der Waals surface area (Å²) < 4.78 is 27.9. The third-order valence-corrected chi connectivity index (χ3v) is 6.39. The molecule has 35 heavy (non-hydrogen) atoms. The van der Waals surface area contributed by atoms with Gasteiger partial charge in [-0.3, -0.25) is 9.52 Å². The number of carbonyl (C=O) groups is 1. The lowest BCUT2D eigenvalue weighted by Crippen LogP contribution is -2.13. The van der Waals surface area contributed by atoms with Gasteiger partial charge in [0, 0.05) is 29.2 Å². The molecule has 0 atom stereocenters. The topological polar surface area (TPSA) is 126 Å². The first-order chi connectivity index (χ1) is 16.7. The number of Topliss-reactive ketones (excluding diaryl/α,β-unsaturated/α-hetero) is 1. The highest BCUT2D eigenvalue weighted by Crippen LogP contribution is 2.23. The zero-order valence-electron chi connectivity index (χ0n) is 19.4. The normalized spacial score (nSPS) is 11.1. The first-order valence-electron chi connectivity index (χ1n) is 10.7. The summed E-state index contributed by atoms with van der Waals surface area (Å²) in [6, 6.07) is 18.2. The van der Waals surface area contributed by atoms with E-state index in [0.717, 1.165) is 11.3 Å². The summed E-state index contributed by atoms with van der Waals surface area (Å²) >= 11 is 0. The number of benzene rings is 2. The molecule has 10 heteroatoms.